The molecule has 0 saturated heterocycles. The number of rotatable bonds is 4. The highest BCUT2D eigenvalue weighted by Gasteiger charge is 2.05. The molecule has 0 aliphatic heterocycles. The zero-order chi connectivity index (χ0) is 13.5. The van der Waals surface area contributed by atoms with Crippen LogP contribution in [0.25, 0.3) is 0 Å². The summed E-state index contributed by atoms with van der Waals surface area (Å²) in [5.41, 5.74) is 2.58. The number of anilines is 1. The first kappa shape index (κ1) is 14.0. The average Bonchev–Trinajstić information content (AvgIpc) is 2.25. The quantitative estimate of drug-likeness (QED) is 0.656. The molecule has 0 radical (unpaired) electrons. The second kappa shape index (κ2) is 6.59. The van der Waals surface area contributed by atoms with Crippen molar-refractivity contribution in [2.24, 2.45) is 0 Å². The highest BCUT2D eigenvalue weighted by molar-refractivity contribution is 5.93. The maximum absolute atomic E-state index is 11.5. The predicted octanol–water partition coefficient (Wildman–Crippen LogP) is 2.44. The number of carbonyl (C=O) groups excluding carboxylic acids is 2. The third-order valence-corrected chi connectivity index (χ3v) is 2.05. The summed E-state index contributed by atoms with van der Waals surface area (Å²) in [4.78, 5) is 22.7. The van der Waals surface area contributed by atoms with Gasteiger partial charge in [-0.3, -0.25) is 4.79 Å². The van der Waals surface area contributed by atoms with E-state index in [1.165, 1.54) is 6.08 Å². The molecule has 96 valence electrons. The lowest BCUT2D eigenvalue weighted by Gasteiger charge is -2.06. The summed E-state index contributed by atoms with van der Waals surface area (Å²) in [5, 5.41) is 2.65. The molecule has 4 heteroatoms. The van der Waals surface area contributed by atoms with Gasteiger partial charge in [0.2, 0.25) is 0 Å². The monoisotopic (exact) mass is 247 g/mol. The van der Waals surface area contributed by atoms with Crippen molar-refractivity contribution in [2.75, 3.05) is 11.9 Å². The molecule has 1 N–H and O–H groups in total. The van der Waals surface area contributed by atoms with Crippen molar-refractivity contribution in [1.29, 1.82) is 0 Å². The molecule has 0 unspecified atom stereocenters. The van der Waals surface area contributed by atoms with Gasteiger partial charge in [0.25, 0.3) is 5.91 Å². The molecular weight excluding hydrogens is 230 g/mol. The van der Waals surface area contributed by atoms with Gasteiger partial charge in [0.15, 0.2) is 6.61 Å². The van der Waals surface area contributed by atoms with Gasteiger partial charge in [-0.1, -0.05) is 17.7 Å². The van der Waals surface area contributed by atoms with E-state index in [0.29, 0.717) is 5.69 Å². The summed E-state index contributed by atoms with van der Waals surface area (Å²) in [6.45, 7) is 5.23. The largest absolute Gasteiger partial charge is 0.452 e. The number of ether oxygens (including phenoxy) is 1. The van der Waals surface area contributed by atoms with Crippen LogP contribution < -0.4 is 5.32 Å². The Bertz CT molecular complexity index is 474. The predicted molar refractivity (Wildman–Crippen MR) is 70.2 cm³/mol. The Hall–Kier alpha value is -2.10. The van der Waals surface area contributed by atoms with Gasteiger partial charge in [-0.05, 0) is 38.5 Å². The summed E-state index contributed by atoms with van der Waals surface area (Å²) in [6, 6.07) is 7.41. The number of hydrogen-bond donors (Lipinski definition) is 1. The molecule has 0 bridgehead atoms. The molecule has 1 aromatic carbocycles. The van der Waals surface area contributed by atoms with E-state index in [0.717, 1.165) is 11.1 Å². The van der Waals surface area contributed by atoms with Crippen LogP contribution in [0.3, 0.4) is 0 Å². The van der Waals surface area contributed by atoms with E-state index in [1.807, 2.05) is 25.1 Å². The van der Waals surface area contributed by atoms with Crippen LogP contribution in [0.1, 0.15) is 19.4 Å². The number of allylic oxidation sites excluding steroid dienone is 1. The van der Waals surface area contributed by atoms with E-state index in [2.05, 4.69) is 5.32 Å². The van der Waals surface area contributed by atoms with Crippen molar-refractivity contribution >= 4 is 17.6 Å². The third-order valence-electron chi connectivity index (χ3n) is 2.05. The Morgan fingerprint density at radius 3 is 2.67 bits per heavy atom. The van der Waals surface area contributed by atoms with Crippen LogP contribution in [0.2, 0.25) is 0 Å². The van der Waals surface area contributed by atoms with Crippen molar-refractivity contribution in [1.82, 2.24) is 0 Å². The molecule has 0 atom stereocenters. The number of benzene rings is 1. The van der Waals surface area contributed by atoms with Crippen LogP contribution >= 0.6 is 0 Å². The van der Waals surface area contributed by atoms with Gasteiger partial charge < -0.3 is 10.1 Å². The molecule has 1 amide bonds. The highest BCUT2D eigenvalue weighted by Crippen LogP contribution is 2.09. The third kappa shape index (κ3) is 5.30. The molecule has 0 saturated carbocycles. The molecular formula is C14H17NO3. The maximum Gasteiger partial charge on any atom is 0.331 e. The smallest absolute Gasteiger partial charge is 0.331 e. The van der Waals surface area contributed by atoms with Gasteiger partial charge in [0, 0.05) is 11.8 Å². The summed E-state index contributed by atoms with van der Waals surface area (Å²) >= 11 is 0. The van der Waals surface area contributed by atoms with E-state index >= 15 is 0 Å². The normalized spacial score (nSPS) is 9.50. The molecule has 0 fully saturated rings. The Labute approximate surface area is 107 Å². The van der Waals surface area contributed by atoms with Gasteiger partial charge in [-0.2, -0.15) is 0 Å². The molecule has 18 heavy (non-hydrogen) atoms. The molecule has 4 nitrogen and oxygen atoms in total. The molecule has 0 aromatic heterocycles. The van der Waals surface area contributed by atoms with Crippen molar-refractivity contribution in [3.05, 3.63) is 41.5 Å². The first-order chi connectivity index (χ1) is 8.47. The first-order valence-electron chi connectivity index (χ1n) is 5.65. The van der Waals surface area contributed by atoms with Crippen molar-refractivity contribution < 1.29 is 14.3 Å². The molecule has 0 aliphatic carbocycles. The zero-order valence-electron chi connectivity index (χ0n) is 10.8. The summed E-state index contributed by atoms with van der Waals surface area (Å²) in [6.07, 6.45) is 1.35. The molecule has 1 rings (SSSR count). The van der Waals surface area contributed by atoms with Crippen LogP contribution in [-0.2, 0) is 14.3 Å². The Morgan fingerprint density at radius 2 is 2.06 bits per heavy atom. The lowest BCUT2D eigenvalue weighted by Crippen LogP contribution is -2.20. The molecule has 0 aliphatic rings. The molecule has 0 heterocycles. The van der Waals surface area contributed by atoms with E-state index in [9.17, 15) is 9.59 Å². The van der Waals surface area contributed by atoms with Crippen LogP contribution in [0.15, 0.2) is 35.9 Å². The zero-order valence-corrected chi connectivity index (χ0v) is 10.8. The van der Waals surface area contributed by atoms with E-state index in [-0.39, 0.29) is 12.5 Å². The minimum Gasteiger partial charge on any atom is -0.452 e. The second-order valence-corrected chi connectivity index (χ2v) is 4.25. The topological polar surface area (TPSA) is 55.4 Å². The fraction of sp³-hybridized carbons (Fsp3) is 0.286. The van der Waals surface area contributed by atoms with Crippen molar-refractivity contribution in [2.45, 2.75) is 20.8 Å². The number of carbonyl (C=O) groups is 2. The van der Waals surface area contributed by atoms with Gasteiger partial charge in [0.05, 0.1) is 0 Å². The minimum atomic E-state index is -0.505. The number of nitrogens with one attached hydrogen (secondary N) is 1. The summed E-state index contributed by atoms with van der Waals surface area (Å²) in [7, 11) is 0. The molecule has 1 aromatic rings. The van der Waals surface area contributed by atoms with E-state index < -0.39 is 5.97 Å². The highest BCUT2D eigenvalue weighted by atomic mass is 16.5. The van der Waals surface area contributed by atoms with Crippen LogP contribution in [0.5, 0.6) is 0 Å². The van der Waals surface area contributed by atoms with Crippen LogP contribution in [0, 0.1) is 6.92 Å². The van der Waals surface area contributed by atoms with Gasteiger partial charge in [-0.25, -0.2) is 4.79 Å². The fourth-order valence-electron chi connectivity index (χ4n) is 1.33. The van der Waals surface area contributed by atoms with Crippen LogP contribution in [-0.4, -0.2) is 18.5 Å². The second-order valence-electron chi connectivity index (χ2n) is 4.25. The van der Waals surface area contributed by atoms with Crippen molar-refractivity contribution in [3.8, 4) is 0 Å². The SMILES string of the molecule is CC(C)=CC(=O)OCC(=O)Nc1cccc(C)c1. The Morgan fingerprint density at radius 1 is 1.33 bits per heavy atom. The fourth-order valence-corrected chi connectivity index (χ4v) is 1.33. The number of esters is 1. The minimum absolute atomic E-state index is 0.281. The van der Waals surface area contributed by atoms with Crippen LogP contribution in [0.4, 0.5) is 5.69 Å². The first-order valence-corrected chi connectivity index (χ1v) is 5.65. The van der Waals surface area contributed by atoms with E-state index in [1.54, 1.807) is 19.9 Å². The van der Waals surface area contributed by atoms with E-state index in [4.69, 9.17) is 4.74 Å². The lowest BCUT2D eigenvalue weighted by atomic mass is 10.2. The number of hydrogen-bond acceptors (Lipinski definition) is 3. The lowest BCUT2D eigenvalue weighted by molar-refractivity contribution is -0.142. The van der Waals surface area contributed by atoms with Crippen molar-refractivity contribution in [3.63, 3.8) is 0 Å². The van der Waals surface area contributed by atoms with Gasteiger partial charge in [-0.15, -0.1) is 0 Å². The average molecular weight is 247 g/mol. The van der Waals surface area contributed by atoms with Gasteiger partial charge in [0.1, 0.15) is 0 Å². The Balaban J connectivity index is 2.43. The van der Waals surface area contributed by atoms with Gasteiger partial charge >= 0.3 is 5.97 Å². The maximum atomic E-state index is 11.5. The number of aryl methyl sites for hydroxylation is 1. The number of amides is 1. The Kier molecular flexibility index (Phi) is 5.11. The standard InChI is InChI=1S/C14H17NO3/c1-10(2)7-14(17)18-9-13(16)15-12-6-4-5-11(3)8-12/h4-8H,9H2,1-3H3,(H,15,16). The summed E-state index contributed by atoms with van der Waals surface area (Å²) < 4.78 is 4.79. The summed E-state index contributed by atoms with van der Waals surface area (Å²) in [5.74, 6) is -0.856. The molecule has 0 spiro atoms.